The first-order chi connectivity index (χ1) is 8.22. The smallest absolute Gasteiger partial charge is 0.195 e. The highest BCUT2D eigenvalue weighted by atomic mass is 79.9. The molecule has 0 atom stereocenters. The van der Waals surface area contributed by atoms with Crippen molar-refractivity contribution in [2.45, 2.75) is 6.54 Å². The molecule has 4 nitrogen and oxygen atoms in total. The first-order valence-electron chi connectivity index (χ1n) is 5.12. The predicted molar refractivity (Wildman–Crippen MR) is 72.4 cm³/mol. The quantitative estimate of drug-likeness (QED) is 0.882. The van der Waals surface area contributed by atoms with Gasteiger partial charge in [0, 0.05) is 17.1 Å². The Morgan fingerprint density at radius 3 is 2.76 bits per heavy atom. The van der Waals surface area contributed by atoms with Crippen molar-refractivity contribution in [3.8, 4) is 11.4 Å². The van der Waals surface area contributed by atoms with E-state index in [1.807, 2.05) is 28.8 Å². The summed E-state index contributed by atoms with van der Waals surface area (Å²) >= 11 is 8.60. The Labute approximate surface area is 113 Å². The molecule has 0 aliphatic heterocycles. The third-order valence-corrected chi connectivity index (χ3v) is 3.22. The molecule has 2 aromatic rings. The van der Waals surface area contributed by atoms with Gasteiger partial charge in [-0.25, -0.2) is 0 Å². The second kappa shape index (κ2) is 5.57. The predicted octanol–water partition coefficient (Wildman–Crippen LogP) is 3.02. The highest BCUT2D eigenvalue weighted by molar-refractivity contribution is 9.10. The van der Waals surface area contributed by atoms with Crippen LogP contribution in [0.4, 0.5) is 0 Å². The Bertz CT molecular complexity index is 547. The molecule has 0 radical (unpaired) electrons. The lowest BCUT2D eigenvalue weighted by molar-refractivity contribution is 0.187. The van der Waals surface area contributed by atoms with Crippen LogP contribution in [-0.4, -0.2) is 28.5 Å². The standard InChI is InChI=1S/C11H12BrN3OS/c1-16-7-6-15-10(13-14-11(15)17)8-2-4-9(12)5-3-8/h2-5H,6-7H2,1H3,(H,14,17). The van der Waals surface area contributed by atoms with Gasteiger partial charge < -0.3 is 4.74 Å². The van der Waals surface area contributed by atoms with Gasteiger partial charge in [-0.05, 0) is 24.4 Å². The number of hydrogen-bond acceptors (Lipinski definition) is 3. The van der Waals surface area contributed by atoms with Crippen LogP contribution in [-0.2, 0) is 11.3 Å². The maximum absolute atomic E-state index is 5.19. The fourth-order valence-electron chi connectivity index (χ4n) is 1.53. The summed E-state index contributed by atoms with van der Waals surface area (Å²) in [5.41, 5.74) is 1.02. The van der Waals surface area contributed by atoms with E-state index in [2.05, 4.69) is 26.1 Å². The number of benzene rings is 1. The first kappa shape index (κ1) is 12.5. The summed E-state index contributed by atoms with van der Waals surface area (Å²) in [5.74, 6) is 0.833. The lowest BCUT2D eigenvalue weighted by Gasteiger charge is -2.06. The van der Waals surface area contributed by atoms with Gasteiger partial charge in [0.15, 0.2) is 10.6 Å². The summed E-state index contributed by atoms with van der Waals surface area (Å²) in [6, 6.07) is 7.96. The molecule has 1 N–H and O–H groups in total. The van der Waals surface area contributed by atoms with Crippen LogP contribution < -0.4 is 0 Å². The fraction of sp³-hybridized carbons (Fsp3) is 0.273. The molecule has 17 heavy (non-hydrogen) atoms. The number of halogens is 1. The average Bonchev–Trinajstić information content (AvgIpc) is 2.69. The number of aromatic nitrogens is 3. The van der Waals surface area contributed by atoms with Crippen LogP contribution in [0.2, 0.25) is 0 Å². The van der Waals surface area contributed by atoms with Gasteiger partial charge in [0.05, 0.1) is 13.2 Å². The number of methoxy groups -OCH3 is 1. The van der Waals surface area contributed by atoms with E-state index in [1.54, 1.807) is 7.11 Å². The summed E-state index contributed by atoms with van der Waals surface area (Å²) in [4.78, 5) is 0. The summed E-state index contributed by atoms with van der Waals surface area (Å²) in [6.45, 7) is 1.30. The number of hydrogen-bond donors (Lipinski definition) is 1. The Hall–Kier alpha value is -0.980. The third-order valence-electron chi connectivity index (χ3n) is 2.38. The fourth-order valence-corrected chi connectivity index (χ4v) is 2.01. The number of rotatable bonds is 4. The Morgan fingerprint density at radius 1 is 1.41 bits per heavy atom. The summed E-state index contributed by atoms with van der Waals surface area (Å²) < 4.78 is 8.65. The molecule has 0 spiro atoms. The molecule has 0 bridgehead atoms. The molecule has 0 amide bonds. The van der Waals surface area contributed by atoms with E-state index >= 15 is 0 Å². The van der Waals surface area contributed by atoms with E-state index in [-0.39, 0.29) is 0 Å². The second-order valence-electron chi connectivity index (χ2n) is 3.50. The molecule has 0 aliphatic carbocycles. The average molecular weight is 314 g/mol. The molecule has 1 heterocycles. The third kappa shape index (κ3) is 2.83. The van der Waals surface area contributed by atoms with Crippen molar-refractivity contribution in [1.82, 2.24) is 14.8 Å². The Balaban J connectivity index is 2.38. The van der Waals surface area contributed by atoms with Gasteiger partial charge in [0.2, 0.25) is 0 Å². The molecular weight excluding hydrogens is 302 g/mol. The number of aromatic amines is 1. The molecule has 0 saturated carbocycles. The number of nitrogens with zero attached hydrogens (tertiary/aromatic N) is 2. The van der Waals surface area contributed by atoms with Gasteiger partial charge in [0.25, 0.3) is 0 Å². The van der Waals surface area contributed by atoms with E-state index in [0.29, 0.717) is 17.9 Å². The summed E-state index contributed by atoms with van der Waals surface area (Å²) in [6.07, 6.45) is 0. The first-order valence-corrected chi connectivity index (χ1v) is 6.32. The molecular formula is C11H12BrN3OS. The molecule has 2 rings (SSSR count). The van der Waals surface area contributed by atoms with Crippen molar-refractivity contribution in [1.29, 1.82) is 0 Å². The number of nitrogens with one attached hydrogen (secondary N) is 1. The maximum atomic E-state index is 5.19. The van der Waals surface area contributed by atoms with Crippen LogP contribution in [0.1, 0.15) is 0 Å². The van der Waals surface area contributed by atoms with Crippen molar-refractivity contribution in [3.63, 3.8) is 0 Å². The van der Waals surface area contributed by atoms with Crippen molar-refractivity contribution in [2.75, 3.05) is 13.7 Å². The molecule has 90 valence electrons. The van der Waals surface area contributed by atoms with E-state index < -0.39 is 0 Å². The lowest BCUT2D eigenvalue weighted by atomic mass is 10.2. The Kier molecular flexibility index (Phi) is 4.09. The maximum Gasteiger partial charge on any atom is 0.195 e. The second-order valence-corrected chi connectivity index (χ2v) is 4.81. The zero-order chi connectivity index (χ0) is 12.3. The number of H-pyrrole nitrogens is 1. The summed E-state index contributed by atoms with van der Waals surface area (Å²) in [7, 11) is 1.67. The highest BCUT2D eigenvalue weighted by Crippen LogP contribution is 2.20. The van der Waals surface area contributed by atoms with Gasteiger partial charge in [0.1, 0.15) is 0 Å². The van der Waals surface area contributed by atoms with E-state index in [4.69, 9.17) is 17.0 Å². The van der Waals surface area contributed by atoms with Crippen LogP contribution in [0, 0.1) is 4.77 Å². The van der Waals surface area contributed by atoms with Crippen molar-refractivity contribution >= 4 is 28.1 Å². The largest absolute Gasteiger partial charge is 0.383 e. The van der Waals surface area contributed by atoms with Gasteiger partial charge in [-0.3, -0.25) is 9.67 Å². The molecule has 1 aromatic heterocycles. The molecule has 6 heteroatoms. The minimum Gasteiger partial charge on any atom is -0.383 e. The van der Waals surface area contributed by atoms with Crippen molar-refractivity contribution < 1.29 is 4.74 Å². The van der Waals surface area contributed by atoms with Gasteiger partial charge in [-0.2, -0.15) is 5.10 Å². The monoisotopic (exact) mass is 313 g/mol. The van der Waals surface area contributed by atoms with E-state index in [1.165, 1.54) is 0 Å². The molecule has 0 unspecified atom stereocenters. The van der Waals surface area contributed by atoms with Crippen molar-refractivity contribution in [2.24, 2.45) is 0 Å². The van der Waals surface area contributed by atoms with Crippen molar-refractivity contribution in [3.05, 3.63) is 33.5 Å². The zero-order valence-corrected chi connectivity index (χ0v) is 11.7. The van der Waals surface area contributed by atoms with Crippen LogP contribution in [0.5, 0.6) is 0 Å². The SMILES string of the molecule is COCCn1c(-c2ccc(Br)cc2)n[nH]c1=S. The molecule has 0 aliphatic rings. The van der Waals surface area contributed by atoms with Gasteiger partial charge >= 0.3 is 0 Å². The molecule has 0 saturated heterocycles. The van der Waals surface area contributed by atoms with Gasteiger partial charge in [-0.1, -0.05) is 28.1 Å². The molecule has 0 fully saturated rings. The minimum absolute atomic E-state index is 0.609. The van der Waals surface area contributed by atoms with Crippen LogP contribution in [0.25, 0.3) is 11.4 Å². The topological polar surface area (TPSA) is 42.8 Å². The number of ether oxygens (including phenoxy) is 1. The Morgan fingerprint density at radius 2 is 2.12 bits per heavy atom. The zero-order valence-electron chi connectivity index (χ0n) is 9.31. The van der Waals surface area contributed by atoms with Gasteiger partial charge in [-0.15, -0.1) is 0 Å². The van der Waals surface area contributed by atoms with E-state index in [9.17, 15) is 0 Å². The lowest BCUT2D eigenvalue weighted by Crippen LogP contribution is -2.06. The normalized spacial score (nSPS) is 10.7. The molecule has 1 aromatic carbocycles. The van der Waals surface area contributed by atoms with Crippen LogP contribution >= 0.6 is 28.1 Å². The van der Waals surface area contributed by atoms with E-state index in [0.717, 1.165) is 15.9 Å². The van der Waals surface area contributed by atoms with Crippen LogP contribution in [0.15, 0.2) is 28.7 Å². The minimum atomic E-state index is 0.609. The highest BCUT2D eigenvalue weighted by Gasteiger charge is 2.08. The van der Waals surface area contributed by atoms with Crippen LogP contribution in [0.3, 0.4) is 0 Å². The summed E-state index contributed by atoms with van der Waals surface area (Å²) in [5, 5.41) is 7.05.